The van der Waals surface area contributed by atoms with Crippen LogP contribution in [0.4, 0.5) is 0 Å². The van der Waals surface area contributed by atoms with Gasteiger partial charge in [-0.05, 0) is 36.8 Å². The molecule has 112 valence electrons. The van der Waals surface area contributed by atoms with Crippen LogP contribution in [-0.4, -0.2) is 17.8 Å². The smallest absolute Gasteiger partial charge is 0.280 e. The van der Waals surface area contributed by atoms with Gasteiger partial charge in [0.15, 0.2) is 0 Å². The van der Waals surface area contributed by atoms with Gasteiger partial charge >= 0.3 is 0 Å². The number of aliphatic carboxylic acids is 1. The molecule has 1 aromatic heterocycles. The first-order valence-electron chi connectivity index (χ1n) is 6.51. The molecule has 1 aliphatic rings. The third-order valence-corrected chi connectivity index (χ3v) is 4.45. The molecule has 1 heterocycles. The molecule has 0 saturated heterocycles. The fourth-order valence-corrected chi connectivity index (χ4v) is 3.06. The van der Waals surface area contributed by atoms with Gasteiger partial charge in [0.1, 0.15) is 0 Å². The number of thiophene rings is 1. The SMILES string of the molecule is Cc1ccsc1C(=O)NNC(=O)[C@H]1CC=CC[C@H]1C(=O)[O-]. The molecule has 21 heavy (non-hydrogen) atoms. The summed E-state index contributed by atoms with van der Waals surface area (Å²) in [6, 6.07) is 1.81. The molecule has 0 unspecified atom stereocenters. The van der Waals surface area contributed by atoms with Gasteiger partial charge in [-0.2, -0.15) is 0 Å². The molecule has 0 aromatic carbocycles. The Balaban J connectivity index is 1.95. The monoisotopic (exact) mass is 307 g/mol. The molecule has 0 saturated carbocycles. The van der Waals surface area contributed by atoms with Crippen molar-refractivity contribution in [2.24, 2.45) is 11.8 Å². The third-order valence-electron chi connectivity index (χ3n) is 3.44. The average Bonchev–Trinajstić information content (AvgIpc) is 2.90. The first-order valence-corrected chi connectivity index (χ1v) is 7.38. The van der Waals surface area contributed by atoms with Gasteiger partial charge in [0.05, 0.1) is 10.8 Å². The second-order valence-corrected chi connectivity index (χ2v) is 5.77. The summed E-state index contributed by atoms with van der Waals surface area (Å²) in [5.74, 6) is -3.77. The molecule has 0 aliphatic heterocycles. The summed E-state index contributed by atoms with van der Waals surface area (Å²) in [4.78, 5) is 35.4. The van der Waals surface area contributed by atoms with Crippen LogP contribution in [0.1, 0.15) is 28.1 Å². The standard InChI is InChI=1S/C14H16N2O4S/c1-8-6-7-21-11(8)13(18)16-15-12(17)9-4-2-3-5-10(9)14(19)20/h2-3,6-7,9-10H,4-5H2,1H3,(H,15,17)(H,16,18)(H,19,20)/p-1/t9-,10+/m0/s1. The van der Waals surface area contributed by atoms with E-state index in [1.807, 2.05) is 0 Å². The van der Waals surface area contributed by atoms with E-state index in [0.29, 0.717) is 11.3 Å². The molecule has 0 fully saturated rings. The predicted octanol–water partition coefficient (Wildman–Crippen LogP) is 0.150. The lowest BCUT2D eigenvalue weighted by Crippen LogP contribution is -2.49. The minimum Gasteiger partial charge on any atom is -0.550 e. The molecule has 2 amide bonds. The van der Waals surface area contributed by atoms with Gasteiger partial charge in [-0.1, -0.05) is 12.2 Å². The zero-order chi connectivity index (χ0) is 15.4. The van der Waals surface area contributed by atoms with Crippen molar-refractivity contribution in [3.05, 3.63) is 34.0 Å². The number of allylic oxidation sites excluding steroid dienone is 2. The fourth-order valence-electron chi connectivity index (χ4n) is 2.24. The van der Waals surface area contributed by atoms with E-state index in [1.165, 1.54) is 11.3 Å². The van der Waals surface area contributed by atoms with Crippen molar-refractivity contribution in [1.82, 2.24) is 10.9 Å². The van der Waals surface area contributed by atoms with Crippen molar-refractivity contribution < 1.29 is 19.5 Å². The average molecular weight is 307 g/mol. The van der Waals surface area contributed by atoms with E-state index in [2.05, 4.69) is 10.9 Å². The van der Waals surface area contributed by atoms with Crippen molar-refractivity contribution in [1.29, 1.82) is 0 Å². The highest BCUT2D eigenvalue weighted by Gasteiger charge is 2.30. The van der Waals surface area contributed by atoms with Gasteiger partial charge in [0.2, 0.25) is 5.91 Å². The largest absolute Gasteiger partial charge is 0.550 e. The summed E-state index contributed by atoms with van der Waals surface area (Å²) in [5, 5.41) is 12.8. The van der Waals surface area contributed by atoms with E-state index in [4.69, 9.17) is 0 Å². The van der Waals surface area contributed by atoms with Gasteiger partial charge in [-0.15, -0.1) is 11.3 Å². The van der Waals surface area contributed by atoms with E-state index >= 15 is 0 Å². The van der Waals surface area contributed by atoms with Crippen LogP contribution in [0.25, 0.3) is 0 Å². The highest BCUT2D eigenvalue weighted by molar-refractivity contribution is 7.12. The van der Waals surface area contributed by atoms with E-state index in [1.54, 1.807) is 30.5 Å². The number of hydrogen-bond acceptors (Lipinski definition) is 5. The van der Waals surface area contributed by atoms with Crippen LogP contribution in [0.15, 0.2) is 23.6 Å². The lowest BCUT2D eigenvalue weighted by atomic mass is 9.82. The molecular formula is C14H15N2O4S-. The Bertz CT molecular complexity index is 594. The number of rotatable bonds is 3. The molecule has 0 bridgehead atoms. The number of carbonyl (C=O) groups excluding carboxylic acids is 3. The van der Waals surface area contributed by atoms with Gasteiger partial charge in [-0.3, -0.25) is 20.4 Å². The Labute approximate surface area is 125 Å². The molecular weight excluding hydrogens is 292 g/mol. The van der Waals surface area contributed by atoms with Crippen molar-refractivity contribution in [3.63, 3.8) is 0 Å². The number of aryl methyl sites for hydroxylation is 1. The van der Waals surface area contributed by atoms with Crippen LogP contribution in [0.3, 0.4) is 0 Å². The lowest BCUT2D eigenvalue weighted by molar-refractivity contribution is -0.313. The van der Waals surface area contributed by atoms with E-state index in [-0.39, 0.29) is 6.42 Å². The van der Waals surface area contributed by atoms with Crippen LogP contribution in [0.5, 0.6) is 0 Å². The second-order valence-electron chi connectivity index (χ2n) is 4.85. The molecule has 1 aliphatic carbocycles. The predicted molar refractivity (Wildman–Crippen MR) is 75.0 cm³/mol. The Hall–Kier alpha value is -2.15. The third kappa shape index (κ3) is 3.49. The number of amides is 2. The Morgan fingerprint density at radius 2 is 1.86 bits per heavy atom. The molecule has 2 atom stereocenters. The van der Waals surface area contributed by atoms with Crippen molar-refractivity contribution in [2.75, 3.05) is 0 Å². The number of hydrazine groups is 1. The summed E-state index contributed by atoms with van der Waals surface area (Å²) < 4.78 is 0. The van der Waals surface area contributed by atoms with Crippen molar-refractivity contribution in [2.45, 2.75) is 19.8 Å². The molecule has 2 rings (SSSR count). The van der Waals surface area contributed by atoms with Crippen molar-refractivity contribution in [3.8, 4) is 0 Å². The van der Waals surface area contributed by atoms with Crippen LogP contribution in [0.2, 0.25) is 0 Å². The highest BCUT2D eigenvalue weighted by atomic mass is 32.1. The normalized spacial score (nSPS) is 20.8. The quantitative estimate of drug-likeness (QED) is 0.613. The van der Waals surface area contributed by atoms with Gasteiger partial charge in [0, 0.05) is 11.9 Å². The molecule has 0 spiro atoms. The van der Waals surface area contributed by atoms with Crippen LogP contribution < -0.4 is 16.0 Å². The van der Waals surface area contributed by atoms with E-state index < -0.39 is 29.6 Å². The number of carboxylic acid groups (broad SMARTS) is 1. The summed E-state index contributed by atoms with van der Waals surface area (Å²) >= 11 is 1.27. The Morgan fingerprint density at radius 3 is 2.43 bits per heavy atom. The van der Waals surface area contributed by atoms with Crippen LogP contribution in [0, 0.1) is 18.8 Å². The maximum Gasteiger partial charge on any atom is 0.280 e. The molecule has 1 aromatic rings. The number of carbonyl (C=O) groups is 3. The maximum absolute atomic E-state index is 12.0. The fraction of sp³-hybridized carbons (Fsp3) is 0.357. The van der Waals surface area contributed by atoms with E-state index in [0.717, 1.165) is 5.56 Å². The zero-order valence-electron chi connectivity index (χ0n) is 11.4. The lowest BCUT2D eigenvalue weighted by Gasteiger charge is -2.28. The molecule has 6 nitrogen and oxygen atoms in total. The summed E-state index contributed by atoms with van der Waals surface area (Å²) in [6.07, 6.45) is 4.06. The van der Waals surface area contributed by atoms with Gasteiger partial charge in [0.25, 0.3) is 5.91 Å². The van der Waals surface area contributed by atoms with Crippen LogP contribution >= 0.6 is 11.3 Å². The topological polar surface area (TPSA) is 98.3 Å². The number of carboxylic acids is 1. The van der Waals surface area contributed by atoms with Gasteiger partial charge in [-0.25, -0.2) is 0 Å². The van der Waals surface area contributed by atoms with Gasteiger partial charge < -0.3 is 9.90 Å². The molecule has 2 N–H and O–H groups in total. The first kappa shape index (κ1) is 15.2. The maximum atomic E-state index is 12.0. The highest BCUT2D eigenvalue weighted by Crippen LogP contribution is 2.25. The Kier molecular flexibility index (Phi) is 4.74. The number of nitrogens with one attached hydrogen (secondary N) is 2. The minimum atomic E-state index is -1.25. The minimum absolute atomic E-state index is 0.262. The van der Waals surface area contributed by atoms with E-state index in [9.17, 15) is 19.5 Å². The summed E-state index contributed by atoms with van der Waals surface area (Å²) in [5.41, 5.74) is 5.43. The summed E-state index contributed by atoms with van der Waals surface area (Å²) in [6.45, 7) is 1.80. The number of hydrogen-bond donors (Lipinski definition) is 2. The molecule has 7 heteroatoms. The van der Waals surface area contributed by atoms with Crippen LogP contribution in [-0.2, 0) is 9.59 Å². The molecule has 0 radical (unpaired) electrons. The Morgan fingerprint density at radius 1 is 1.19 bits per heavy atom. The second kappa shape index (κ2) is 6.53. The van der Waals surface area contributed by atoms with Crippen molar-refractivity contribution >= 4 is 29.1 Å². The first-order chi connectivity index (χ1) is 10.0. The summed E-state index contributed by atoms with van der Waals surface area (Å²) in [7, 11) is 0. The zero-order valence-corrected chi connectivity index (χ0v) is 12.2.